The molecule has 0 radical (unpaired) electrons. The van der Waals surface area contributed by atoms with E-state index in [4.69, 9.17) is 5.11 Å². The quantitative estimate of drug-likeness (QED) is 0.621. The second kappa shape index (κ2) is 9.60. The summed E-state index contributed by atoms with van der Waals surface area (Å²) >= 11 is 0. The standard InChI is InChI=1S/C12H26N2O2/c1-4-6-8-14(3)9-7-12(16)13-11(5-2)10-15/h11,15H,4-10H2,1-3H3,(H,13,16). The van der Waals surface area contributed by atoms with Crippen LogP contribution in [0, 0.1) is 0 Å². The molecule has 96 valence electrons. The number of aliphatic hydroxyl groups excluding tert-OH is 1. The van der Waals surface area contributed by atoms with E-state index >= 15 is 0 Å². The smallest absolute Gasteiger partial charge is 0.221 e. The second-order valence-electron chi connectivity index (χ2n) is 4.26. The number of nitrogens with one attached hydrogen (secondary N) is 1. The van der Waals surface area contributed by atoms with Gasteiger partial charge < -0.3 is 15.3 Å². The van der Waals surface area contributed by atoms with Gasteiger partial charge in [0.15, 0.2) is 0 Å². The minimum absolute atomic E-state index is 0.0217. The molecule has 0 bridgehead atoms. The van der Waals surface area contributed by atoms with Crippen molar-refractivity contribution in [2.45, 2.75) is 45.6 Å². The molecular weight excluding hydrogens is 204 g/mol. The van der Waals surface area contributed by atoms with Crippen molar-refractivity contribution in [3.63, 3.8) is 0 Å². The van der Waals surface area contributed by atoms with Crippen molar-refractivity contribution in [1.82, 2.24) is 10.2 Å². The normalized spacial score (nSPS) is 12.8. The maximum absolute atomic E-state index is 11.5. The van der Waals surface area contributed by atoms with Gasteiger partial charge in [0, 0.05) is 13.0 Å². The minimum atomic E-state index is -0.0894. The van der Waals surface area contributed by atoms with Crippen LogP contribution in [0.15, 0.2) is 0 Å². The molecule has 0 fully saturated rings. The van der Waals surface area contributed by atoms with Gasteiger partial charge in [0.25, 0.3) is 0 Å². The fourth-order valence-electron chi connectivity index (χ4n) is 1.41. The number of hydrogen-bond acceptors (Lipinski definition) is 3. The summed E-state index contributed by atoms with van der Waals surface area (Å²) in [5.74, 6) is 0.0317. The Kier molecular flexibility index (Phi) is 9.24. The van der Waals surface area contributed by atoms with Crippen molar-refractivity contribution in [3.05, 3.63) is 0 Å². The Morgan fingerprint density at radius 1 is 1.38 bits per heavy atom. The zero-order chi connectivity index (χ0) is 12.4. The van der Waals surface area contributed by atoms with E-state index in [1.165, 1.54) is 12.8 Å². The SMILES string of the molecule is CCCCN(C)CCC(=O)NC(CC)CO. The molecule has 1 amide bonds. The Morgan fingerprint density at radius 3 is 2.56 bits per heavy atom. The van der Waals surface area contributed by atoms with Gasteiger partial charge in [0.05, 0.1) is 12.6 Å². The van der Waals surface area contributed by atoms with Crippen LogP contribution in [0.5, 0.6) is 0 Å². The maximum Gasteiger partial charge on any atom is 0.221 e. The van der Waals surface area contributed by atoms with Crippen LogP contribution in [0.1, 0.15) is 39.5 Å². The van der Waals surface area contributed by atoms with Crippen LogP contribution in [0.4, 0.5) is 0 Å². The molecule has 1 atom stereocenters. The molecule has 0 aliphatic rings. The number of amides is 1. The minimum Gasteiger partial charge on any atom is -0.394 e. The van der Waals surface area contributed by atoms with E-state index in [9.17, 15) is 4.79 Å². The first-order chi connectivity index (χ1) is 7.63. The molecule has 0 saturated carbocycles. The van der Waals surface area contributed by atoms with Gasteiger partial charge in [-0.15, -0.1) is 0 Å². The molecule has 0 aromatic heterocycles. The van der Waals surface area contributed by atoms with E-state index in [1.807, 2.05) is 14.0 Å². The summed E-state index contributed by atoms with van der Waals surface area (Å²) in [6, 6.07) is -0.0894. The van der Waals surface area contributed by atoms with E-state index in [1.54, 1.807) is 0 Å². The van der Waals surface area contributed by atoms with E-state index in [2.05, 4.69) is 17.1 Å². The Labute approximate surface area is 99.0 Å². The number of carbonyl (C=O) groups is 1. The third-order valence-electron chi connectivity index (χ3n) is 2.69. The zero-order valence-corrected chi connectivity index (χ0v) is 10.8. The van der Waals surface area contributed by atoms with Crippen LogP contribution in [0.2, 0.25) is 0 Å². The summed E-state index contributed by atoms with van der Waals surface area (Å²) < 4.78 is 0. The summed E-state index contributed by atoms with van der Waals surface area (Å²) in [4.78, 5) is 13.7. The molecule has 4 nitrogen and oxygen atoms in total. The molecule has 0 saturated heterocycles. The van der Waals surface area contributed by atoms with Crippen molar-refractivity contribution >= 4 is 5.91 Å². The Balaban J connectivity index is 3.63. The molecule has 0 aliphatic carbocycles. The highest BCUT2D eigenvalue weighted by molar-refractivity contribution is 5.76. The monoisotopic (exact) mass is 230 g/mol. The third kappa shape index (κ3) is 7.65. The van der Waals surface area contributed by atoms with Gasteiger partial charge >= 0.3 is 0 Å². The van der Waals surface area contributed by atoms with Crippen molar-refractivity contribution in [2.75, 3.05) is 26.7 Å². The third-order valence-corrected chi connectivity index (χ3v) is 2.69. The molecule has 4 heteroatoms. The summed E-state index contributed by atoms with van der Waals surface area (Å²) in [5.41, 5.74) is 0. The van der Waals surface area contributed by atoms with Crippen LogP contribution >= 0.6 is 0 Å². The average Bonchev–Trinajstić information content (AvgIpc) is 2.30. The van der Waals surface area contributed by atoms with Crippen LogP contribution in [-0.2, 0) is 4.79 Å². The second-order valence-corrected chi connectivity index (χ2v) is 4.26. The highest BCUT2D eigenvalue weighted by Gasteiger charge is 2.09. The van der Waals surface area contributed by atoms with Crippen molar-refractivity contribution in [1.29, 1.82) is 0 Å². The Hall–Kier alpha value is -0.610. The molecule has 0 aromatic carbocycles. The van der Waals surface area contributed by atoms with Crippen LogP contribution in [0.3, 0.4) is 0 Å². The lowest BCUT2D eigenvalue weighted by Crippen LogP contribution is -2.38. The molecule has 0 rings (SSSR count). The van der Waals surface area contributed by atoms with E-state index in [0.29, 0.717) is 6.42 Å². The Bertz CT molecular complexity index is 182. The van der Waals surface area contributed by atoms with Gasteiger partial charge in [-0.05, 0) is 26.4 Å². The van der Waals surface area contributed by atoms with Gasteiger partial charge in [-0.25, -0.2) is 0 Å². The highest BCUT2D eigenvalue weighted by atomic mass is 16.3. The summed E-state index contributed by atoms with van der Waals surface area (Å²) in [6.45, 7) is 5.96. The van der Waals surface area contributed by atoms with Crippen LogP contribution in [0.25, 0.3) is 0 Å². The first-order valence-electron chi connectivity index (χ1n) is 6.22. The number of rotatable bonds is 9. The van der Waals surface area contributed by atoms with E-state index in [0.717, 1.165) is 19.5 Å². The number of carbonyl (C=O) groups excluding carboxylic acids is 1. The number of hydrogen-bond donors (Lipinski definition) is 2. The fraction of sp³-hybridized carbons (Fsp3) is 0.917. The van der Waals surface area contributed by atoms with Gasteiger partial charge in [0.1, 0.15) is 0 Å². The molecule has 2 N–H and O–H groups in total. The highest BCUT2D eigenvalue weighted by Crippen LogP contribution is 1.95. The molecule has 0 aliphatic heterocycles. The van der Waals surface area contributed by atoms with Gasteiger partial charge in [-0.3, -0.25) is 4.79 Å². The average molecular weight is 230 g/mol. The van der Waals surface area contributed by atoms with Crippen molar-refractivity contribution in [2.24, 2.45) is 0 Å². The summed E-state index contributed by atoms with van der Waals surface area (Å²) in [5, 5.41) is 11.8. The summed E-state index contributed by atoms with van der Waals surface area (Å²) in [7, 11) is 2.03. The Morgan fingerprint density at radius 2 is 2.06 bits per heavy atom. The molecule has 0 aromatic rings. The zero-order valence-electron chi connectivity index (χ0n) is 10.8. The first-order valence-corrected chi connectivity index (χ1v) is 6.22. The van der Waals surface area contributed by atoms with Crippen molar-refractivity contribution < 1.29 is 9.90 Å². The molecule has 1 unspecified atom stereocenters. The predicted molar refractivity (Wildman–Crippen MR) is 66.3 cm³/mol. The largest absolute Gasteiger partial charge is 0.394 e. The molecule has 0 spiro atoms. The lowest BCUT2D eigenvalue weighted by molar-refractivity contribution is -0.122. The van der Waals surface area contributed by atoms with E-state index < -0.39 is 0 Å². The molecule has 16 heavy (non-hydrogen) atoms. The summed E-state index contributed by atoms with van der Waals surface area (Å²) in [6.07, 6.45) is 3.63. The lowest BCUT2D eigenvalue weighted by Gasteiger charge is -2.17. The van der Waals surface area contributed by atoms with Crippen LogP contribution < -0.4 is 5.32 Å². The van der Waals surface area contributed by atoms with Gasteiger partial charge in [-0.2, -0.15) is 0 Å². The van der Waals surface area contributed by atoms with Gasteiger partial charge in [-0.1, -0.05) is 20.3 Å². The topological polar surface area (TPSA) is 52.6 Å². The molecular formula is C12H26N2O2. The maximum atomic E-state index is 11.5. The van der Waals surface area contributed by atoms with E-state index in [-0.39, 0.29) is 18.6 Å². The van der Waals surface area contributed by atoms with Gasteiger partial charge in [0.2, 0.25) is 5.91 Å². The number of unbranched alkanes of at least 4 members (excludes halogenated alkanes) is 1. The predicted octanol–water partition coefficient (Wildman–Crippen LogP) is 0.995. The number of nitrogens with zero attached hydrogens (tertiary/aromatic N) is 1. The molecule has 0 heterocycles. The lowest BCUT2D eigenvalue weighted by atomic mass is 10.2. The number of aliphatic hydroxyl groups is 1. The fourth-order valence-corrected chi connectivity index (χ4v) is 1.41. The first kappa shape index (κ1) is 15.4. The van der Waals surface area contributed by atoms with Crippen LogP contribution in [-0.4, -0.2) is 48.7 Å². The van der Waals surface area contributed by atoms with Crippen molar-refractivity contribution in [3.8, 4) is 0 Å².